The summed E-state index contributed by atoms with van der Waals surface area (Å²) in [6.45, 7) is 20.5. The van der Waals surface area contributed by atoms with Crippen LogP contribution in [0.2, 0.25) is 0 Å². The normalized spacial score (nSPS) is 14.9. The summed E-state index contributed by atoms with van der Waals surface area (Å²) in [5, 5.41) is 3.79. The highest BCUT2D eigenvalue weighted by atomic mass is 16.3. The maximum Gasteiger partial charge on any atom is 0.136 e. The first kappa shape index (κ1) is 53.0. The zero-order chi connectivity index (χ0) is 76.0. The molecule has 5 nitrogen and oxygen atoms in total. The molecule has 492 valence electrons. The van der Waals surface area contributed by atoms with E-state index in [1.807, 2.05) is 36.4 Å². The minimum Gasteiger partial charge on any atom is -0.456 e. The Balaban J connectivity index is 1.05. The topological polar surface area (TPSA) is 37.7 Å². The van der Waals surface area contributed by atoms with Crippen LogP contribution >= 0.6 is 0 Å². The minimum absolute atomic E-state index is 0.00211. The molecule has 3 aromatic heterocycles. The van der Waals surface area contributed by atoms with Crippen LogP contribution in [0.4, 0.5) is 34.1 Å². The number of anilines is 6. The first-order valence-corrected chi connectivity index (χ1v) is 35.3. The van der Waals surface area contributed by atoms with Gasteiger partial charge in [0.25, 0.3) is 0 Å². The van der Waals surface area contributed by atoms with Crippen LogP contribution in [0.5, 0.6) is 0 Å². The van der Waals surface area contributed by atoms with Crippen LogP contribution in [-0.2, 0) is 16.2 Å². The van der Waals surface area contributed by atoms with Gasteiger partial charge in [-0.05, 0) is 150 Å². The van der Waals surface area contributed by atoms with E-state index in [2.05, 4.69) is 284 Å². The van der Waals surface area contributed by atoms with Gasteiger partial charge in [0.2, 0.25) is 0 Å². The Morgan fingerprint density at radius 2 is 0.755 bits per heavy atom. The summed E-state index contributed by atoms with van der Waals surface area (Å²) in [6.07, 6.45) is 0. The van der Waals surface area contributed by atoms with Crippen molar-refractivity contribution in [1.29, 1.82) is 0 Å². The van der Waals surface area contributed by atoms with Gasteiger partial charge in [0.05, 0.1) is 56.1 Å². The monoisotopic (exact) mass is 1320 g/mol. The summed E-state index contributed by atoms with van der Waals surface area (Å²) < 4.78 is 91.9. The molecule has 1 unspecified atom stereocenters. The maximum absolute atomic E-state index is 9.92. The lowest BCUT2D eigenvalue weighted by molar-refractivity contribution is 0.569. The third-order valence-corrected chi connectivity index (χ3v) is 21.2. The number of fused-ring (bicyclic) bond motifs is 13. The molecule has 0 fully saturated rings. The van der Waals surface area contributed by atoms with Crippen molar-refractivity contribution in [3.63, 3.8) is 0 Å². The van der Waals surface area contributed by atoms with Crippen molar-refractivity contribution in [1.82, 2.24) is 4.57 Å². The van der Waals surface area contributed by atoms with Crippen LogP contribution in [-0.4, -0.2) is 4.57 Å². The van der Waals surface area contributed by atoms with Crippen molar-refractivity contribution in [3.05, 3.63) is 330 Å². The molecule has 0 spiro atoms. The second-order valence-electron chi connectivity index (χ2n) is 30.6. The van der Waals surface area contributed by atoms with Gasteiger partial charge >= 0.3 is 0 Å². The number of nitrogens with zero attached hydrogens (tertiary/aromatic N) is 3. The summed E-state index contributed by atoms with van der Waals surface area (Å²) in [6, 6.07) is 85.2. The number of hydrogen-bond acceptors (Lipinski definition) is 4. The summed E-state index contributed by atoms with van der Waals surface area (Å²) in [5.74, 6) is -0.557. The third kappa shape index (κ3) is 9.58. The van der Waals surface area contributed by atoms with Gasteiger partial charge in [-0.2, -0.15) is 0 Å². The quantitative estimate of drug-likeness (QED) is 0.152. The molecular formula is C97H77N3O2. The smallest absolute Gasteiger partial charge is 0.136 e. The molecule has 0 radical (unpaired) electrons. The highest BCUT2D eigenvalue weighted by molar-refractivity contribution is 6.22. The van der Waals surface area contributed by atoms with Gasteiger partial charge in [0.15, 0.2) is 0 Å². The molecule has 5 heteroatoms. The molecule has 2 aliphatic heterocycles. The average Bonchev–Trinajstić information content (AvgIpc) is 0.868. The van der Waals surface area contributed by atoms with Crippen LogP contribution in [0.1, 0.15) is 113 Å². The fraction of sp³-hybridized carbons (Fsp3) is 0.134. The van der Waals surface area contributed by atoms with E-state index in [-0.39, 0.29) is 44.7 Å². The van der Waals surface area contributed by atoms with Crippen molar-refractivity contribution in [2.75, 3.05) is 9.80 Å². The summed E-state index contributed by atoms with van der Waals surface area (Å²) >= 11 is 0. The molecule has 102 heavy (non-hydrogen) atoms. The third-order valence-electron chi connectivity index (χ3n) is 21.2. The van der Waals surface area contributed by atoms with Gasteiger partial charge in [-0.3, -0.25) is 0 Å². The highest BCUT2D eigenvalue weighted by Gasteiger charge is 2.45. The molecule has 0 amide bonds. The Hall–Kier alpha value is -11.9. The molecule has 1 atom stereocenters. The van der Waals surface area contributed by atoms with Gasteiger partial charge in [-0.1, -0.05) is 287 Å². The molecule has 0 N–H and O–H groups in total. The lowest BCUT2D eigenvalue weighted by Gasteiger charge is -2.47. The van der Waals surface area contributed by atoms with Crippen LogP contribution in [0.15, 0.2) is 306 Å². The molecule has 17 aromatic rings. The number of benzene rings is 14. The molecule has 14 aromatic carbocycles. The SMILES string of the molecule is [2H]c1c([2H])c([2H])c2c(c1[2H])c1c([2H])c([2H])c([2H])c([2H])c1n2-c1ccc2c(c1)N(c1c(-c3ccccc3)cc3oc4ccccc4c3c1-c1ccccc1)c1cc(C(C)(C)C)cc3c1C2c1cc(-c2cc(C(C)(C)C)cc(C(C)(C)C)c2)ccc1N3c1c(-c2ccccc2)cc2oc3ccccc3c2c1-c1ccccc1. The average molecular weight is 1320 g/mol. The van der Waals surface area contributed by atoms with Crippen LogP contribution in [0.3, 0.4) is 0 Å². The van der Waals surface area contributed by atoms with Crippen LogP contribution in [0, 0.1) is 0 Å². The van der Waals surface area contributed by atoms with E-state index in [4.69, 9.17) is 11.6 Å². The number of rotatable bonds is 8. The van der Waals surface area contributed by atoms with E-state index in [9.17, 15) is 8.22 Å². The summed E-state index contributed by atoms with van der Waals surface area (Å²) in [4.78, 5) is 5.02. The molecule has 0 saturated carbocycles. The van der Waals surface area contributed by atoms with E-state index in [0.29, 0.717) is 11.3 Å². The largest absolute Gasteiger partial charge is 0.456 e. The van der Waals surface area contributed by atoms with Crippen molar-refractivity contribution in [3.8, 4) is 61.3 Å². The summed E-state index contributed by atoms with van der Waals surface area (Å²) in [7, 11) is 0. The molecule has 0 bridgehead atoms. The first-order chi connectivity index (χ1) is 52.8. The van der Waals surface area contributed by atoms with E-state index in [0.717, 1.165) is 150 Å². The van der Waals surface area contributed by atoms with Crippen molar-refractivity contribution >= 4 is 99.8 Å². The van der Waals surface area contributed by atoms with Gasteiger partial charge in [-0.15, -0.1) is 0 Å². The second kappa shape index (κ2) is 22.8. The Morgan fingerprint density at radius 1 is 0.324 bits per heavy atom. The van der Waals surface area contributed by atoms with E-state index < -0.39 is 47.6 Å². The number of hydrogen-bond donors (Lipinski definition) is 0. The van der Waals surface area contributed by atoms with Crippen LogP contribution in [0.25, 0.3) is 127 Å². The van der Waals surface area contributed by atoms with E-state index >= 15 is 0 Å². The summed E-state index contributed by atoms with van der Waals surface area (Å²) in [5.41, 5.74) is 23.9. The van der Waals surface area contributed by atoms with Gasteiger partial charge in [0, 0.05) is 71.7 Å². The maximum atomic E-state index is 9.92. The number of para-hydroxylation sites is 4. The van der Waals surface area contributed by atoms with E-state index in [1.54, 1.807) is 4.57 Å². The second-order valence-corrected chi connectivity index (χ2v) is 30.6. The predicted molar refractivity (Wildman–Crippen MR) is 429 cm³/mol. The Bertz CT molecular complexity index is 6650. The fourth-order valence-electron chi connectivity index (χ4n) is 16.2. The van der Waals surface area contributed by atoms with Crippen molar-refractivity contribution < 1.29 is 19.8 Å². The molecule has 19 rings (SSSR count). The Kier molecular flexibility index (Phi) is 11.9. The van der Waals surface area contributed by atoms with Gasteiger partial charge in [-0.25, -0.2) is 0 Å². The van der Waals surface area contributed by atoms with Crippen LogP contribution < -0.4 is 9.80 Å². The standard InChI is InChI=1S/C97H77N3O2/c1-95(2,3)65-50-64(51-66(53-65)96(4,5)6)63-46-49-79-76(52-63)89-71-48-47-68(98-77-42-26-22-38-69(77)70-39-23-27-43-78(70)98)56-80(71)100(94-75(60-32-16-11-17-33-60)58-86-91(73-41-25-29-45-84(73)102-86)88(94)62-36-20-13-21-37-62)82-55-67(97(7,8)9)54-81(92(82)89)99(79)93-74(59-30-14-10-15-31-59)57-85-90(72-40-24-28-44-83(72)101-85)87(93)61-34-18-12-19-35-61/h10-58,89H,1-9H3/i22D,23D,26D,27D,38D,39D,42D,43D. The zero-order valence-electron chi connectivity index (χ0n) is 66.4. The Morgan fingerprint density at radius 3 is 1.24 bits per heavy atom. The molecule has 5 heterocycles. The zero-order valence-corrected chi connectivity index (χ0v) is 58.4. The van der Waals surface area contributed by atoms with Gasteiger partial charge in [0.1, 0.15) is 22.3 Å². The molecule has 2 aliphatic rings. The molecular weight excluding hydrogens is 1240 g/mol. The number of aromatic nitrogens is 1. The van der Waals surface area contributed by atoms with Crippen molar-refractivity contribution in [2.45, 2.75) is 84.5 Å². The highest BCUT2D eigenvalue weighted by Crippen LogP contribution is 2.66. The minimum atomic E-state index is -0.557. The molecule has 0 aliphatic carbocycles. The number of furan rings is 2. The Labute approximate surface area is 607 Å². The van der Waals surface area contributed by atoms with E-state index in [1.165, 1.54) is 11.1 Å². The fourth-order valence-corrected chi connectivity index (χ4v) is 16.2. The molecule has 0 saturated heterocycles. The lowest BCUT2D eigenvalue weighted by atomic mass is 9.72. The lowest BCUT2D eigenvalue weighted by Crippen LogP contribution is -2.31. The first-order valence-electron chi connectivity index (χ1n) is 39.3. The predicted octanol–water partition coefficient (Wildman–Crippen LogP) is 27.6. The van der Waals surface area contributed by atoms with Gasteiger partial charge < -0.3 is 23.2 Å². The van der Waals surface area contributed by atoms with Crippen molar-refractivity contribution in [2.24, 2.45) is 0 Å².